The lowest BCUT2D eigenvalue weighted by Gasteiger charge is -2.33. The van der Waals surface area contributed by atoms with Gasteiger partial charge in [-0.2, -0.15) is 0 Å². The van der Waals surface area contributed by atoms with Crippen LogP contribution >= 0.6 is 11.8 Å². The van der Waals surface area contributed by atoms with Crippen LogP contribution in [0.2, 0.25) is 0 Å². The minimum absolute atomic E-state index is 0.0866. The highest BCUT2D eigenvalue weighted by Crippen LogP contribution is 2.55. The summed E-state index contributed by atoms with van der Waals surface area (Å²) in [6, 6.07) is 19.5. The number of hydrogen-bond acceptors (Lipinski definition) is 5. The van der Waals surface area contributed by atoms with Crippen molar-refractivity contribution in [3.63, 3.8) is 0 Å². The molecule has 2 aliphatic rings. The van der Waals surface area contributed by atoms with Crippen LogP contribution in [0.1, 0.15) is 5.56 Å². The van der Waals surface area contributed by atoms with E-state index in [-0.39, 0.29) is 24.1 Å². The molecule has 1 atom stereocenters. The first-order valence-electron chi connectivity index (χ1n) is 10.5. The van der Waals surface area contributed by atoms with Crippen molar-refractivity contribution in [3.05, 3.63) is 84.2 Å². The van der Waals surface area contributed by atoms with E-state index in [9.17, 15) is 18.8 Å². The van der Waals surface area contributed by atoms with Crippen LogP contribution in [0.3, 0.4) is 0 Å². The van der Waals surface area contributed by atoms with Crippen LogP contribution in [-0.4, -0.2) is 37.1 Å². The fraction of sp³-hybridized carbons (Fsp3) is 0.160. The Morgan fingerprint density at radius 2 is 1.76 bits per heavy atom. The summed E-state index contributed by atoms with van der Waals surface area (Å²) in [5.74, 6) is -0.723. The molecule has 0 radical (unpaired) electrons. The number of carbonyl (C=O) groups excluding carboxylic acids is 3. The van der Waals surface area contributed by atoms with Crippen LogP contribution in [0.25, 0.3) is 0 Å². The first-order chi connectivity index (χ1) is 16.4. The second-order valence-corrected chi connectivity index (χ2v) is 8.99. The molecule has 3 aromatic rings. The number of carbonyl (C=O) groups is 3. The van der Waals surface area contributed by atoms with Gasteiger partial charge in [-0.3, -0.25) is 24.2 Å². The van der Waals surface area contributed by atoms with Crippen molar-refractivity contribution in [2.45, 2.75) is 4.87 Å². The molecule has 1 fully saturated rings. The molecule has 3 amide bonds. The largest absolute Gasteiger partial charge is 0.497 e. The number of hydrogen-bond donors (Lipinski definition) is 1. The molecule has 0 bridgehead atoms. The number of benzene rings is 3. The zero-order valence-corrected chi connectivity index (χ0v) is 19.0. The number of anilines is 3. The van der Waals surface area contributed by atoms with Gasteiger partial charge >= 0.3 is 0 Å². The third-order valence-electron chi connectivity index (χ3n) is 5.82. The van der Waals surface area contributed by atoms with Crippen molar-refractivity contribution in [2.75, 3.05) is 34.5 Å². The third kappa shape index (κ3) is 3.49. The average Bonchev–Trinajstić information content (AvgIpc) is 3.31. The molecular formula is C25H20FN3O4S. The number of halogens is 1. The van der Waals surface area contributed by atoms with E-state index < -0.39 is 16.6 Å². The van der Waals surface area contributed by atoms with E-state index in [0.717, 1.165) is 0 Å². The Morgan fingerprint density at radius 1 is 1.06 bits per heavy atom. The Hall–Kier alpha value is -3.85. The third-order valence-corrected chi connectivity index (χ3v) is 7.21. The van der Waals surface area contributed by atoms with Gasteiger partial charge in [-0.1, -0.05) is 18.2 Å². The van der Waals surface area contributed by atoms with E-state index in [2.05, 4.69) is 5.32 Å². The molecule has 3 aromatic carbocycles. The highest BCUT2D eigenvalue weighted by atomic mass is 32.2. The summed E-state index contributed by atoms with van der Waals surface area (Å²) in [4.78, 5) is 41.2. The van der Waals surface area contributed by atoms with Gasteiger partial charge in [-0.25, -0.2) is 4.39 Å². The Balaban J connectivity index is 1.48. The molecular weight excluding hydrogens is 457 g/mol. The van der Waals surface area contributed by atoms with Gasteiger partial charge in [0.2, 0.25) is 16.7 Å². The second kappa shape index (κ2) is 8.49. The summed E-state index contributed by atoms with van der Waals surface area (Å²) < 4.78 is 18.7. The molecule has 0 saturated carbocycles. The molecule has 5 rings (SSSR count). The SMILES string of the molecule is COc1ccc(NC(=O)CN2C(=O)[C@]3(SCC(=O)N3c3ccc(F)cc3)c3ccccc32)cc1. The van der Waals surface area contributed by atoms with Crippen molar-refractivity contribution in [1.82, 2.24) is 0 Å². The minimum Gasteiger partial charge on any atom is -0.497 e. The van der Waals surface area contributed by atoms with E-state index in [4.69, 9.17) is 4.74 Å². The van der Waals surface area contributed by atoms with Crippen LogP contribution < -0.4 is 19.9 Å². The predicted octanol–water partition coefficient (Wildman–Crippen LogP) is 3.75. The summed E-state index contributed by atoms with van der Waals surface area (Å²) >= 11 is 1.20. The van der Waals surface area contributed by atoms with Crippen LogP contribution in [0.4, 0.5) is 21.5 Å². The summed E-state index contributed by atoms with van der Waals surface area (Å²) in [7, 11) is 1.56. The molecule has 34 heavy (non-hydrogen) atoms. The fourth-order valence-electron chi connectivity index (χ4n) is 4.32. The Labute approximate surface area is 199 Å². The maximum absolute atomic E-state index is 13.9. The zero-order valence-electron chi connectivity index (χ0n) is 18.2. The number of methoxy groups -OCH3 is 1. The van der Waals surface area contributed by atoms with Gasteiger partial charge in [-0.05, 0) is 54.6 Å². The zero-order chi connectivity index (χ0) is 23.9. The van der Waals surface area contributed by atoms with Crippen molar-refractivity contribution in [1.29, 1.82) is 0 Å². The maximum Gasteiger partial charge on any atom is 0.269 e. The van der Waals surface area contributed by atoms with Gasteiger partial charge in [0.25, 0.3) is 5.91 Å². The molecule has 172 valence electrons. The fourth-order valence-corrected chi connectivity index (χ4v) is 5.68. The van der Waals surface area contributed by atoms with Crippen molar-refractivity contribution < 1.29 is 23.5 Å². The Bertz CT molecular complexity index is 1280. The van der Waals surface area contributed by atoms with E-state index in [1.54, 1.807) is 55.6 Å². The standard InChI is InChI=1S/C25H20FN3O4S/c1-33-19-12-8-17(9-13-19)27-22(30)14-28-21-5-3-2-4-20(21)25(24(28)32)29(23(31)15-34-25)18-10-6-16(26)7-11-18/h2-13H,14-15H2,1H3,(H,27,30)/t25-/m1/s1. The molecule has 2 heterocycles. The lowest BCUT2D eigenvalue weighted by atomic mass is 10.0. The molecule has 1 spiro atoms. The Kier molecular flexibility index (Phi) is 5.49. The first kappa shape index (κ1) is 22.0. The molecule has 1 N–H and O–H groups in total. The van der Waals surface area contributed by atoms with Crippen LogP contribution in [-0.2, 0) is 19.3 Å². The number of ether oxygens (including phenoxy) is 1. The molecule has 0 aromatic heterocycles. The lowest BCUT2D eigenvalue weighted by Crippen LogP contribution is -2.50. The maximum atomic E-state index is 13.9. The van der Waals surface area contributed by atoms with Gasteiger partial charge in [0.1, 0.15) is 18.1 Å². The number of nitrogens with zero attached hydrogens (tertiary/aromatic N) is 2. The number of para-hydroxylation sites is 1. The molecule has 9 heteroatoms. The number of amides is 3. The van der Waals surface area contributed by atoms with E-state index >= 15 is 0 Å². The van der Waals surface area contributed by atoms with Crippen molar-refractivity contribution in [2.24, 2.45) is 0 Å². The smallest absolute Gasteiger partial charge is 0.269 e. The van der Waals surface area contributed by atoms with Crippen molar-refractivity contribution >= 4 is 46.5 Å². The summed E-state index contributed by atoms with van der Waals surface area (Å²) in [5, 5.41) is 2.79. The number of nitrogens with one attached hydrogen (secondary N) is 1. The predicted molar refractivity (Wildman–Crippen MR) is 128 cm³/mol. The van der Waals surface area contributed by atoms with Crippen LogP contribution in [0, 0.1) is 5.82 Å². The monoisotopic (exact) mass is 477 g/mol. The highest BCUT2D eigenvalue weighted by Gasteiger charge is 2.61. The van der Waals surface area contributed by atoms with Crippen LogP contribution in [0.5, 0.6) is 5.75 Å². The highest BCUT2D eigenvalue weighted by molar-refractivity contribution is 8.02. The van der Waals surface area contributed by atoms with Crippen molar-refractivity contribution in [3.8, 4) is 5.75 Å². The molecule has 0 unspecified atom stereocenters. The van der Waals surface area contributed by atoms with Gasteiger partial charge < -0.3 is 10.1 Å². The van der Waals surface area contributed by atoms with E-state index in [1.807, 2.05) is 0 Å². The molecule has 1 saturated heterocycles. The first-order valence-corrected chi connectivity index (χ1v) is 11.5. The molecule has 0 aliphatic carbocycles. The summed E-state index contributed by atoms with van der Waals surface area (Å²) in [6.45, 7) is -0.227. The lowest BCUT2D eigenvalue weighted by molar-refractivity contribution is -0.124. The van der Waals surface area contributed by atoms with E-state index in [1.165, 1.54) is 45.8 Å². The summed E-state index contributed by atoms with van der Waals surface area (Å²) in [6.07, 6.45) is 0. The summed E-state index contributed by atoms with van der Waals surface area (Å²) in [5.41, 5.74) is 2.17. The number of rotatable bonds is 5. The second-order valence-electron chi connectivity index (χ2n) is 7.82. The Morgan fingerprint density at radius 3 is 2.47 bits per heavy atom. The quantitative estimate of drug-likeness (QED) is 0.606. The molecule has 2 aliphatic heterocycles. The topological polar surface area (TPSA) is 79.0 Å². The number of fused-ring (bicyclic) bond motifs is 2. The van der Waals surface area contributed by atoms with Gasteiger partial charge in [0.15, 0.2) is 0 Å². The van der Waals surface area contributed by atoms with Gasteiger partial charge in [0, 0.05) is 16.9 Å². The minimum atomic E-state index is -1.36. The van der Waals surface area contributed by atoms with Gasteiger partial charge in [0.05, 0.1) is 18.6 Å². The van der Waals surface area contributed by atoms with E-state index in [0.29, 0.717) is 28.4 Å². The average molecular weight is 478 g/mol. The molecule has 7 nitrogen and oxygen atoms in total. The van der Waals surface area contributed by atoms with Gasteiger partial charge in [-0.15, -0.1) is 11.8 Å². The normalized spacial score (nSPS) is 19.0. The number of thioether (sulfide) groups is 1. The van der Waals surface area contributed by atoms with Crippen LogP contribution in [0.15, 0.2) is 72.8 Å².